The lowest BCUT2D eigenvalue weighted by Gasteiger charge is -2.08. The summed E-state index contributed by atoms with van der Waals surface area (Å²) >= 11 is 0. The molecule has 2 aromatic rings. The van der Waals surface area contributed by atoms with Crippen molar-refractivity contribution in [3.63, 3.8) is 0 Å². The van der Waals surface area contributed by atoms with E-state index in [0.29, 0.717) is 18.4 Å². The fourth-order valence-corrected chi connectivity index (χ4v) is 3.00. The first kappa shape index (κ1) is 14.5. The highest BCUT2D eigenvalue weighted by Gasteiger charge is 2.32. The molecular formula is C19H23N3O. The summed E-state index contributed by atoms with van der Waals surface area (Å²) in [6.45, 7) is 3.41. The second-order valence-electron chi connectivity index (χ2n) is 6.89. The van der Waals surface area contributed by atoms with Crippen molar-refractivity contribution in [1.82, 2.24) is 15.1 Å². The molecule has 1 aromatic carbocycles. The third-order valence-electron chi connectivity index (χ3n) is 4.74. The van der Waals surface area contributed by atoms with Gasteiger partial charge in [0.25, 0.3) is 5.91 Å². The zero-order valence-electron chi connectivity index (χ0n) is 13.6. The number of hydrogen-bond acceptors (Lipinski definition) is 2. The molecule has 0 radical (unpaired) electrons. The standard InChI is InChI=1S/C19H23N3O/c1-13-2-4-16(5-3-13)19(23)20-10-11-22-18(15-8-9-15)12-17(21-22)14-6-7-14/h2-5,12,14-15H,6-11H2,1H3,(H,20,23). The Kier molecular flexibility index (Phi) is 3.68. The van der Waals surface area contributed by atoms with Crippen LogP contribution in [0.5, 0.6) is 0 Å². The van der Waals surface area contributed by atoms with Gasteiger partial charge in [-0.2, -0.15) is 5.10 Å². The Morgan fingerprint density at radius 2 is 1.87 bits per heavy atom. The van der Waals surface area contributed by atoms with Crippen molar-refractivity contribution in [3.05, 3.63) is 52.8 Å². The van der Waals surface area contributed by atoms with Crippen LogP contribution < -0.4 is 5.32 Å². The largest absolute Gasteiger partial charge is 0.350 e. The highest BCUT2D eigenvalue weighted by atomic mass is 16.1. The first-order valence-corrected chi connectivity index (χ1v) is 8.63. The number of benzene rings is 1. The van der Waals surface area contributed by atoms with Gasteiger partial charge in [0.2, 0.25) is 0 Å². The zero-order valence-corrected chi connectivity index (χ0v) is 13.6. The molecule has 23 heavy (non-hydrogen) atoms. The first-order valence-electron chi connectivity index (χ1n) is 8.63. The van der Waals surface area contributed by atoms with Crippen molar-refractivity contribution in [2.24, 2.45) is 0 Å². The molecule has 2 fully saturated rings. The van der Waals surface area contributed by atoms with Crippen LogP contribution in [0.4, 0.5) is 0 Å². The molecule has 0 aliphatic heterocycles. The van der Waals surface area contributed by atoms with Crippen molar-refractivity contribution in [1.29, 1.82) is 0 Å². The lowest BCUT2D eigenvalue weighted by molar-refractivity contribution is 0.0952. The van der Waals surface area contributed by atoms with Gasteiger partial charge in [-0.05, 0) is 50.8 Å². The SMILES string of the molecule is Cc1ccc(C(=O)NCCn2nc(C3CC3)cc2C2CC2)cc1. The summed E-state index contributed by atoms with van der Waals surface area (Å²) in [4.78, 5) is 12.2. The lowest BCUT2D eigenvalue weighted by Crippen LogP contribution is -2.28. The van der Waals surface area contributed by atoms with E-state index < -0.39 is 0 Å². The number of nitrogens with one attached hydrogen (secondary N) is 1. The van der Waals surface area contributed by atoms with E-state index in [0.717, 1.165) is 12.1 Å². The van der Waals surface area contributed by atoms with E-state index in [4.69, 9.17) is 5.10 Å². The van der Waals surface area contributed by atoms with Gasteiger partial charge in [-0.15, -0.1) is 0 Å². The second kappa shape index (κ2) is 5.84. The van der Waals surface area contributed by atoms with Crippen LogP contribution >= 0.6 is 0 Å². The Hall–Kier alpha value is -2.10. The van der Waals surface area contributed by atoms with E-state index in [1.807, 2.05) is 31.2 Å². The molecule has 4 heteroatoms. The maximum absolute atomic E-state index is 12.2. The quantitative estimate of drug-likeness (QED) is 0.889. The van der Waals surface area contributed by atoms with Crippen molar-refractivity contribution in [2.45, 2.75) is 51.0 Å². The molecule has 1 aromatic heterocycles. The molecule has 1 heterocycles. The smallest absolute Gasteiger partial charge is 0.251 e. The summed E-state index contributed by atoms with van der Waals surface area (Å²) in [5.74, 6) is 1.38. The van der Waals surface area contributed by atoms with Gasteiger partial charge in [-0.1, -0.05) is 17.7 Å². The molecule has 1 amide bonds. The third-order valence-corrected chi connectivity index (χ3v) is 4.74. The molecule has 1 N–H and O–H groups in total. The van der Waals surface area contributed by atoms with Gasteiger partial charge < -0.3 is 5.32 Å². The van der Waals surface area contributed by atoms with Crippen LogP contribution in [0.15, 0.2) is 30.3 Å². The van der Waals surface area contributed by atoms with E-state index in [-0.39, 0.29) is 5.91 Å². The minimum Gasteiger partial charge on any atom is -0.350 e. The Balaban J connectivity index is 1.37. The number of nitrogens with zero attached hydrogens (tertiary/aromatic N) is 2. The predicted molar refractivity (Wildman–Crippen MR) is 89.7 cm³/mol. The topological polar surface area (TPSA) is 46.9 Å². The van der Waals surface area contributed by atoms with Gasteiger partial charge >= 0.3 is 0 Å². The summed E-state index contributed by atoms with van der Waals surface area (Å²) in [6, 6.07) is 9.99. The number of carbonyl (C=O) groups is 1. The minimum absolute atomic E-state index is 0.00690. The molecule has 0 bridgehead atoms. The fourth-order valence-electron chi connectivity index (χ4n) is 3.00. The molecule has 2 saturated carbocycles. The zero-order chi connectivity index (χ0) is 15.8. The number of amides is 1. The summed E-state index contributed by atoms with van der Waals surface area (Å²) in [5.41, 5.74) is 4.52. The van der Waals surface area contributed by atoms with Gasteiger partial charge in [-0.25, -0.2) is 0 Å². The minimum atomic E-state index is -0.00690. The van der Waals surface area contributed by atoms with E-state index in [1.54, 1.807) is 0 Å². The molecule has 120 valence electrons. The number of aromatic nitrogens is 2. The van der Waals surface area contributed by atoms with Gasteiger partial charge in [0, 0.05) is 29.6 Å². The van der Waals surface area contributed by atoms with E-state index >= 15 is 0 Å². The van der Waals surface area contributed by atoms with Crippen molar-refractivity contribution in [2.75, 3.05) is 6.54 Å². The lowest BCUT2D eigenvalue weighted by atomic mass is 10.1. The highest BCUT2D eigenvalue weighted by molar-refractivity contribution is 5.94. The average molecular weight is 309 g/mol. The van der Waals surface area contributed by atoms with E-state index in [1.165, 1.54) is 42.6 Å². The van der Waals surface area contributed by atoms with Crippen LogP contribution in [-0.4, -0.2) is 22.2 Å². The Morgan fingerprint density at radius 1 is 1.17 bits per heavy atom. The van der Waals surface area contributed by atoms with Gasteiger partial charge in [0.05, 0.1) is 12.2 Å². The van der Waals surface area contributed by atoms with Crippen LogP contribution in [0.1, 0.15) is 64.8 Å². The molecule has 2 aliphatic rings. The van der Waals surface area contributed by atoms with Gasteiger partial charge in [0.15, 0.2) is 0 Å². The molecule has 0 atom stereocenters. The number of rotatable bonds is 6. The van der Waals surface area contributed by atoms with Crippen LogP contribution in [0.3, 0.4) is 0 Å². The summed E-state index contributed by atoms with van der Waals surface area (Å²) in [7, 11) is 0. The third kappa shape index (κ3) is 3.31. The van der Waals surface area contributed by atoms with Crippen LogP contribution in [0.2, 0.25) is 0 Å². The van der Waals surface area contributed by atoms with Crippen LogP contribution in [0, 0.1) is 6.92 Å². The Bertz CT molecular complexity index is 709. The molecule has 0 saturated heterocycles. The molecular weight excluding hydrogens is 286 g/mol. The monoisotopic (exact) mass is 309 g/mol. The normalized spacial score (nSPS) is 17.3. The molecule has 4 nitrogen and oxygen atoms in total. The van der Waals surface area contributed by atoms with Crippen LogP contribution in [0.25, 0.3) is 0 Å². The van der Waals surface area contributed by atoms with Crippen LogP contribution in [-0.2, 0) is 6.54 Å². The summed E-state index contributed by atoms with van der Waals surface area (Å²) in [6.07, 6.45) is 5.13. The molecule has 2 aliphatic carbocycles. The van der Waals surface area contributed by atoms with Gasteiger partial charge in [0.1, 0.15) is 0 Å². The first-order chi connectivity index (χ1) is 11.2. The maximum Gasteiger partial charge on any atom is 0.251 e. The van der Waals surface area contributed by atoms with Crippen molar-refractivity contribution >= 4 is 5.91 Å². The Labute approximate surface area is 136 Å². The number of hydrogen-bond donors (Lipinski definition) is 1. The summed E-state index contributed by atoms with van der Waals surface area (Å²) in [5, 5.41) is 7.79. The molecule has 0 spiro atoms. The highest BCUT2D eigenvalue weighted by Crippen LogP contribution is 2.44. The van der Waals surface area contributed by atoms with Crippen molar-refractivity contribution < 1.29 is 4.79 Å². The van der Waals surface area contributed by atoms with Gasteiger partial charge in [-0.3, -0.25) is 9.48 Å². The Morgan fingerprint density at radius 3 is 2.52 bits per heavy atom. The number of aryl methyl sites for hydroxylation is 1. The fraction of sp³-hybridized carbons (Fsp3) is 0.474. The average Bonchev–Trinajstić information content (AvgIpc) is 3.47. The molecule has 0 unspecified atom stereocenters. The number of carbonyl (C=O) groups excluding carboxylic acids is 1. The van der Waals surface area contributed by atoms with E-state index in [9.17, 15) is 4.79 Å². The molecule has 4 rings (SSSR count). The summed E-state index contributed by atoms with van der Waals surface area (Å²) < 4.78 is 2.13. The predicted octanol–water partition coefficient (Wildman–Crippen LogP) is 3.38. The van der Waals surface area contributed by atoms with E-state index in [2.05, 4.69) is 16.1 Å². The second-order valence-corrected chi connectivity index (χ2v) is 6.89. The van der Waals surface area contributed by atoms with Crippen molar-refractivity contribution in [3.8, 4) is 0 Å². The maximum atomic E-state index is 12.2.